The highest BCUT2D eigenvalue weighted by Crippen LogP contribution is 2.36. The Morgan fingerprint density at radius 1 is 0.271 bits per heavy atom. The third-order valence-corrected chi connectivity index (χ3v) is 16.2. The van der Waals surface area contributed by atoms with Crippen molar-refractivity contribution in [2.24, 2.45) is 11.5 Å². The maximum absolute atomic E-state index is 14.1. The van der Waals surface area contributed by atoms with E-state index in [2.05, 4.69) is 26.3 Å². The predicted molar refractivity (Wildman–Crippen MR) is 397 cm³/mol. The molecule has 568 valence electrons. The first-order valence-electron chi connectivity index (χ1n) is 35.8. The van der Waals surface area contributed by atoms with Crippen LogP contribution in [-0.4, -0.2) is 112 Å². The molecule has 6 rings (SSSR count). The molecular weight excluding hydrogens is 1380 g/mol. The molecule has 0 bridgehead atoms. The molecule has 0 aliphatic rings. The van der Waals surface area contributed by atoms with E-state index in [1.165, 1.54) is 72.8 Å². The molecule has 0 heterocycles. The van der Waals surface area contributed by atoms with Crippen LogP contribution in [0.4, 0.5) is 0 Å². The van der Waals surface area contributed by atoms with Gasteiger partial charge in [-0.25, -0.2) is 38.4 Å². The number of carbonyl (C=O) groups excluding carboxylic acids is 10. The molecule has 2 amide bonds. The van der Waals surface area contributed by atoms with Gasteiger partial charge in [-0.05, 0) is 261 Å². The summed E-state index contributed by atoms with van der Waals surface area (Å²) < 4.78 is 67.5. The van der Waals surface area contributed by atoms with Crippen molar-refractivity contribution in [3.05, 3.63) is 216 Å². The molecule has 0 atom stereocenters. The zero-order chi connectivity index (χ0) is 77.0. The Hall–Kier alpha value is -11.8. The van der Waals surface area contributed by atoms with Crippen molar-refractivity contribution >= 4 is 59.6 Å². The summed E-state index contributed by atoms with van der Waals surface area (Å²) in [6.45, 7) is 16.3. The minimum Gasteiger partial charge on any atom is -0.494 e. The maximum Gasteiger partial charge on any atom is 0.343 e. The van der Waals surface area contributed by atoms with E-state index in [9.17, 15) is 47.9 Å². The fourth-order valence-electron chi connectivity index (χ4n) is 10.5. The van der Waals surface area contributed by atoms with E-state index in [4.69, 9.17) is 68.3 Å². The van der Waals surface area contributed by atoms with Gasteiger partial charge in [0.2, 0.25) is 0 Å². The fourth-order valence-corrected chi connectivity index (χ4v) is 10.5. The van der Waals surface area contributed by atoms with Crippen LogP contribution in [0.2, 0.25) is 0 Å². The molecule has 107 heavy (non-hydrogen) atoms. The first-order chi connectivity index (χ1) is 51.9. The summed E-state index contributed by atoms with van der Waals surface area (Å²) in [5.74, 6) is -5.66. The number of ether oxygens (including phenoxy) is 12. The molecule has 24 nitrogen and oxygen atoms in total. The van der Waals surface area contributed by atoms with Gasteiger partial charge < -0.3 is 68.3 Å². The molecule has 4 N–H and O–H groups in total. The van der Waals surface area contributed by atoms with E-state index in [1.807, 2.05) is 0 Å². The number of unbranched alkanes of at least 4 members (excludes halogenated alkanes) is 14. The molecule has 0 radical (unpaired) electrons. The Kier molecular flexibility index (Phi) is 37.4. The van der Waals surface area contributed by atoms with E-state index in [1.54, 1.807) is 48.5 Å². The normalized spacial score (nSPS) is 10.6. The number of aryl methyl sites for hydroxylation is 2. The Balaban J connectivity index is 1.19. The minimum atomic E-state index is -0.999. The van der Waals surface area contributed by atoms with Crippen LogP contribution < -0.4 is 49.4 Å². The Bertz CT molecular complexity index is 3700. The van der Waals surface area contributed by atoms with Crippen molar-refractivity contribution in [1.29, 1.82) is 0 Å². The minimum absolute atomic E-state index is 0.0848. The Labute approximate surface area is 623 Å². The molecule has 0 aromatic heterocycles. The number of primary amides is 2. The lowest BCUT2D eigenvalue weighted by atomic mass is 9.98. The lowest BCUT2D eigenvalue weighted by Crippen LogP contribution is -2.18. The first-order valence-corrected chi connectivity index (χ1v) is 35.8. The number of nitrogens with two attached hydrogens (primary N) is 2. The Morgan fingerprint density at radius 3 is 0.729 bits per heavy atom. The lowest BCUT2D eigenvalue weighted by Gasteiger charge is -2.17. The van der Waals surface area contributed by atoms with Crippen LogP contribution in [0.3, 0.4) is 0 Å². The second kappa shape index (κ2) is 47.5. The van der Waals surface area contributed by atoms with Crippen molar-refractivity contribution in [3.63, 3.8) is 0 Å². The number of benzene rings is 6. The van der Waals surface area contributed by atoms with Crippen molar-refractivity contribution in [1.82, 2.24) is 0 Å². The van der Waals surface area contributed by atoms with Crippen LogP contribution in [0, 0.1) is 0 Å². The zero-order valence-electron chi connectivity index (χ0n) is 60.3. The van der Waals surface area contributed by atoms with Gasteiger partial charge in [0.15, 0.2) is 0 Å². The van der Waals surface area contributed by atoms with E-state index >= 15 is 0 Å². The third kappa shape index (κ3) is 31.2. The zero-order valence-corrected chi connectivity index (χ0v) is 60.3. The van der Waals surface area contributed by atoms with Gasteiger partial charge in [-0.1, -0.05) is 32.7 Å². The molecule has 24 heteroatoms. The summed E-state index contributed by atoms with van der Waals surface area (Å²) in [5, 5.41) is 0. The molecule has 0 saturated carbocycles. The molecular formula is C83H94N2O22. The lowest BCUT2D eigenvalue weighted by molar-refractivity contribution is -0.138. The van der Waals surface area contributed by atoms with Crippen molar-refractivity contribution < 1.29 is 105 Å². The fraction of sp³-hybridized carbons (Fsp3) is 0.349. The van der Waals surface area contributed by atoms with Gasteiger partial charge in [0.1, 0.15) is 46.0 Å². The highest BCUT2D eigenvalue weighted by Gasteiger charge is 2.25. The van der Waals surface area contributed by atoms with E-state index < -0.39 is 59.6 Å². The topological polar surface area (TPSA) is 333 Å². The number of esters is 8. The maximum atomic E-state index is 14.1. The quantitative estimate of drug-likeness (QED) is 0.0118. The number of carbonyl (C=O) groups is 10. The van der Waals surface area contributed by atoms with Gasteiger partial charge in [-0.3, -0.25) is 9.59 Å². The van der Waals surface area contributed by atoms with Crippen LogP contribution in [0.1, 0.15) is 195 Å². The average molecular weight is 1470 g/mol. The van der Waals surface area contributed by atoms with Gasteiger partial charge in [0.05, 0.1) is 86.2 Å². The second-order valence-electron chi connectivity index (χ2n) is 24.4. The van der Waals surface area contributed by atoms with Crippen molar-refractivity contribution in [2.45, 2.75) is 135 Å². The number of hydrogen-bond acceptors (Lipinski definition) is 22. The Morgan fingerprint density at radius 2 is 0.495 bits per heavy atom. The molecule has 0 fully saturated rings. The van der Waals surface area contributed by atoms with Gasteiger partial charge in [-0.2, -0.15) is 0 Å². The standard InChI is InChI=1S/C83H94N2O22/c1-5-72(86)100-50-24-13-9-20-46-96-64-38-30-58(31-39-64)80(92)104-68-54-62(76(70(56-68)78(84)90)106-82(94)60-34-42-66(43-35-60)98-48-22-11-15-26-52-102-74(88)7-3)28-18-17-19-29-63-55-69(105-81(93)59-32-40-65(41-33-59)97-47-21-10-14-25-51-101-73(87)6-2)57-71(79(85)91)77(63)107-83(95)61-36-44-67(45-37-61)99-49-23-12-16-27-53-103-75(89)8-4/h5-8,30-45,54-57H,1-4,9-29,46-53H2,(H2,84,90)(H2,85,91). The second-order valence-corrected chi connectivity index (χ2v) is 24.4. The van der Waals surface area contributed by atoms with Gasteiger partial charge in [0.25, 0.3) is 11.8 Å². The molecule has 0 aliphatic carbocycles. The molecule has 6 aromatic rings. The smallest absolute Gasteiger partial charge is 0.343 e. The third-order valence-electron chi connectivity index (χ3n) is 16.2. The van der Waals surface area contributed by atoms with Crippen molar-refractivity contribution in [3.8, 4) is 46.0 Å². The predicted octanol–water partition coefficient (Wildman–Crippen LogP) is 14.4. The molecule has 6 aromatic carbocycles. The highest BCUT2D eigenvalue weighted by atomic mass is 16.6. The van der Waals surface area contributed by atoms with Gasteiger partial charge in [0, 0.05) is 24.3 Å². The van der Waals surface area contributed by atoms with Crippen LogP contribution in [-0.2, 0) is 51.0 Å². The summed E-state index contributed by atoms with van der Waals surface area (Å²) in [7, 11) is 0. The van der Waals surface area contributed by atoms with Crippen LogP contribution in [0.15, 0.2) is 172 Å². The summed E-state index contributed by atoms with van der Waals surface area (Å²) in [6.07, 6.45) is 18.0. The summed E-state index contributed by atoms with van der Waals surface area (Å²) >= 11 is 0. The molecule has 0 saturated heterocycles. The highest BCUT2D eigenvalue weighted by molar-refractivity contribution is 6.01. The molecule has 0 spiro atoms. The monoisotopic (exact) mass is 1470 g/mol. The first kappa shape index (κ1) is 84.1. The molecule has 0 aliphatic heterocycles. The number of hydrogen-bond donors (Lipinski definition) is 2. The van der Waals surface area contributed by atoms with Crippen LogP contribution in [0.25, 0.3) is 0 Å². The van der Waals surface area contributed by atoms with Crippen LogP contribution >= 0.6 is 0 Å². The van der Waals surface area contributed by atoms with Gasteiger partial charge >= 0.3 is 47.8 Å². The summed E-state index contributed by atoms with van der Waals surface area (Å²) in [4.78, 5) is 128. The largest absolute Gasteiger partial charge is 0.494 e. The summed E-state index contributed by atoms with van der Waals surface area (Å²) in [5.41, 5.74) is 12.6. The SMILES string of the molecule is C=CC(=O)OCCCCCCOc1ccc(C(=O)Oc2cc(CCCCCc3cc(OC(=O)c4ccc(OCCCCCCOC(=O)C=C)cc4)cc(C(N)=O)c3OC(=O)c3ccc(OCCCCCCOC(=O)C=C)cc3)c(OC(=O)c3ccc(OCCCCCCOC(=O)C=C)cc3)c(C(N)=O)c2)cc1. The van der Waals surface area contributed by atoms with E-state index in [-0.39, 0.29) is 80.3 Å². The van der Waals surface area contributed by atoms with E-state index in [0.29, 0.717) is 121 Å². The number of rotatable bonds is 52. The van der Waals surface area contributed by atoms with Crippen LogP contribution in [0.5, 0.6) is 46.0 Å². The van der Waals surface area contributed by atoms with E-state index in [0.717, 1.165) is 101 Å². The van der Waals surface area contributed by atoms with Crippen molar-refractivity contribution in [2.75, 3.05) is 52.9 Å². The molecule has 0 unspecified atom stereocenters. The number of amides is 2. The van der Waals surface area contributed by atoms with Gasteiger partial charge in [-0.15, -0.1) is 0 Å². The average Bonchev–Trinajstić information content (AvgIpc) is 0.805. The summed E-state index contributed by atoms with van der Waals surface area (Å²) in [6, 6.07) is 30.4.